The van der Waals surface area contributed by atoms with Gasteiger partial charge in [-0.05, 0) is 62.1 Å². The second kappa shape index (κ2) is 5.04. The summed E-state index contributed by atoms with van der Waals surface area (Å²) in [6.45, 7) is 4.74. The predicted molar refractivity (Wildman–Crippen MR) is 85.6 cm³/mol. The van der Waals surface area contributed by atoms with E-state index in [1.54, 1.807) is 0 Å². The van der Waals surface area contributed by atoms with Crippen LogP contribution in [0.3, 0.4) is 0 Å². The van der Waals surface area contributed by atoms with E-state index in [-0.39, 0.29) is 0 Å². The Morgan fingerprint density at radius 3 is 2.76 bits per heavy atom. The Balaban J connectivity index is 1.53. The molecular weight excluding hydrogens is 260 g/mol. The lowest BCUT2D eigenvalue weighted by Gasteiger charge is -2.33. The van der Waals surface area contributed by atoms with Crippen LogP contribution in [-0.2, 0) is 0 Å². The van der Waals surface area contributed by atoms with E-state index in [0.29, 0.717) is 12.0 Å². The van der Waals surface area contributed by atoms with Gasteiger partial charge in [0.1, 0.15) is 5.52 Å². The van der Waals surface area contributed by atoms with Crippen molar-refractivity contribution in [2.75, 3.05) is 5.32 Å². The molecule has 1 aromatic carbocycles. The van der Waals surface area contributed by atoms with Crippen LogP contribution in [0.1, 0.15) is 57.8 Å². The van der Waals surface area contributed by atoms with Crippen molar-refractivity contribution < 1.29 is 4.42 Å². The fourth-order valence-electron chi connectivity index (χ4n) is 3.63. The first kappa shape index (κ1) is 13.2. The monoisotopic (exact) mass is 284 g/mol. The van der Waals surface area contributed by atoms with Crippen LogP contribution < -0.4 is 5.32 Å². The molecule has 0 spiro atoms. The van der Waals surface area contributed by atoms with Crippen LogP contribution in [0.25, 0.3) is 11.1 Å². The van der Waals surface area contributed by atoms with Gasteiger partial charge in [-0.3, -0.25) is 0 Å². The van der Waals surface area contributed by atoms with Gasteiger partial charge in [0.05, 0.1) is 0 Å². The van der Waals surface area contributed by atoms with E-state index in [1.165, 1.54) is 37.8 Å². The highest BCUT2D eigenvalue weighted by Crippen LogP contribution is 2.41. The van der Waals surface area contributed by atoms with Crippen LogP contribution in [0, 0.1) is 11.8 Å². The zero-order valence-corrected chi connectivity index (χ0v) is 12.9. The molecule has 3 nitrogen and oxygen atoms in total. The number of oxazole rings is 1. The Hall–Kier alpha value is -1.51. The molecule has 1 N–H and O–H groups in total. The first-order chi connectivity index (χ1) is 10.2. The summed E-state index contributed by atoms with van der Waals surface area (Å²) in [7, 11) is 0. The maximum Gasteiger partial charge on any atom is 0.198 e. The summed E-state index contributed by atoms with van der Waals surface area (Å²) in [4.78, 5) is 4.65. The molecule has 3 atom stereocenters. The van der Waals surface area contributed by atoms with Crippen LogP contribution in [-0.4, -0.2) is 11.0 Å². The van der Waals surface area contributed by atoms with E-state index in [9.17, 15) is 0 Å². The van der Waals surface area contributed by atoms with E-state index in [1.807, 2.05) is 0 Å². The van der Waals surface area contributed by atoms with Crippen LogP contribution in [0.5, 0.6) is 0 Å². The van der Waals surface area contributed by atoms with Crippen LogP contribution in [0.4, 0.5) is 5.69 Å². The molecule has 3 heteroatoms. The fourth-order valence-corrected chi connectivity index (χ4v) is 3.63. The summed E-state index contributed by atoms with van der Waals surface area (Å²) in [5.41, 5.74) is 3.11. The van der Waals surface area contributed by atoms with Crippen LogP contribution in [0.2, 0.25) is 0 Å². The molecule has 112 valence electrons. The molecule has 4 rings (SSSR count). The number of anilines is 1. The fraction of sp³-hybridized carbons (Fsp3) is 0.611. The quantitative estimate of drug-likeness (QED) is 0.867. The Bertz CT molecular complexity index is 644. The van der Waals surface area contributed by atoms with Gasteiger partial charge in [-0.1, -0.05) is 13.8 Å². The number of rotatable bonds is 3. The van der Waals surface area contributed by atoms with Crippen LogP contribution >= 0.6 is 0 Å². The Morgan fingerprint density at radius 2 is 2.00 bits per heavy atom. The molecule has 3 unspecified atom stereocenters. The zero-order chi connectivity index (χ0) is 14.4. The van der Waals surface area contributed by atoms with Gasteiger partial charge in [0.15, 0.2) is 11.5 Å². The SMILES string of the molecule is CC1CCC(Nc2ccc3oc(C4CC4)nc3c2)C(C)C1. The first-order valence-corrected chi connectivity index (χ1v) is 8.36. The molecule has 21 heavy (non-hydrogen) atoms. The number of benzene rings is 1. The number of hydrogen-bond acceptors (Lipinski definition) is 3. The maximum absolute atomic E-state index is 5.83. The molecule has 2 aliphatic rings. The maximum atomic E-state index is 5.83. The van der Waals surface area contributed by atoms with Crippen molar-refractivity contribution in [3.8, 4) is 0 Å². The topological polar surface area (TPSA) is 38.1 Å². The molecule has 1 aromatic heterocycles. The van der Waals surface area contributed by atoms with Gasteiger partial charge in [0, 0.05) is 17.6 Å². The number of nitrogens with zero attached hydrogens (tertiary/aromatic N) is 1. The van der Waals surface area contributed by atoms with E-state index in [4.69, 9.17) is 4.42 Å². The second-order valence-electron chi connectivity index (χ2n) is 7.16. The summed E-state index contributed by atoms with van der Waals surface area (Å²) < 4.78 is 5.83. The normalized spacial score (nSPS) is 29.7. The Morgan fingerprint density at radius 1 is 1.14 bits per heavy atom. The highest BCUT2D eigenvalue weighted by Gasteiger charge is 2.29. The minimum Gasteiger partial charge on any atom is -0.440 e. The minimum absolute atomic E-state index is 0.577. The summed E-state index contributed by atoms with van der Waals surface area (Å²) in [5, 5.41) is 3.72. The highest BCUT2D eigenvalue weighted by atomic mass is 16.3. The lowest BCUT2D eigenvalue weighted by atomic mass is 9.80. The number of hydrogen-bond donors (Lipinski definition) is 1. The lowest BCUT2D eigenvalue weighted by molar-refractivity contribution is 0.276. The summed E-state index contributed by atoms with van der Waals surface area (Å²) in [6, 6.07) is 6.94. The minimum atomic E-state index is 0.577. The molecule has 0 saturated heterocycles. The number of aromatic nitrogens is 1. The largest absolute Gasteiger partial charge is 0.440 e. The average Bonchev–Trinajstić information content (AvgIpc) is 3.22. The van der Waals surface area contributed by atoms with Crippen molar-refractivity contribution in [3.63, 3.8) is 0 Å². The van der Waals surface area contributed by atoms with Gasteiger partial charge in [-0.25, -0.2) is 4.98 Å². The van der Waals surface area contributed by atoms with E-state index < -0.39 is 0 Å². The third-order valence-corrected chi connectivity index (χ3v) is 5.11. The van der Waals surface area contributed by atoms with Gasteiger partial charge >= 0.3 is 0 Å². The van der Waals surface area contributed by atoms with Gasteiger partial charge in [-0.2, -0.15) is 0 Å². The van der Waals surface area contributed by atoms with E-state index in [2.05, 4.69) is 42.3 Å². The van der Waals surface area contributed by atoms with Crippen molar-refractivity contribution >= 4 is 16.8 Å². The van der Waals surface area contributed by atoms with Crippen molar-refractivity contribution in [2.24, 2.45) is 11.8 Å². The molecule has 0 amide bonds. The molecule has 1 heterocycles. The van der Waals surface area contributed by atoms with Crippen molar-refractivity contribution in [3.05, 3.63) is 24.1 Å². The highest BCUT2D eigenvalue weighted by molar-refractivity contribution is 5.77. The molecular formula is C18H24N2O. The summed E-state index contributed by atoms with van der Waals surface area (Å²) >= 11 is 0. The van der Waals surface area contributed by atoms with E-state index in [0.717, 1.165) is 28.8 Å². The molecule has 0 radical (unpaired) electrons. The molecule has 2 aromatic rings. The predicted octanol–water partition coefficient (Wildman–Crippen LogP) is 4.94. The summed E-state index contributed by atoms with van der Waals surface area (Å²) in [6.07, 6.45) is 6.40. The first-order valence-electron chi connectivity index (χ1n) is 8.36. The van der Waals surface area contributed by atoms with Crippen LogP contribution in [0.15, 0.2) is 22.6 Å². The zero-order valence-electron chi connectivity index (χ0n) is 12.9. The third kappa shape index (κ3) is 2.66. The lowest BCUT2D eigenvalue weighted by Crippen LogP contribution is -2.32. The molecule has 0 aliphatic heterocycles. The Labute approximate surface area is 126 Å². The van der Waals surface area contributed by atoms with Gasteiger partial charge < -0.3 is 9.73 Å². The number of nitrogens with one attached hydrogen (secondary N) is 1. The van der Waals surface area contributed by atoms with Gasteiger partial charge in [0.2, 0.25) is 0 Å². The molecule has 0 bridgehead atoms. The number of fused-ring (bicyclic) bond motifs is 1. The van der Waals surface area contributed by atoms with Crippen molar-refractivity contribution in [2.45, 2.75) is 57.9 Å². The van der Waals surface area contributed by atoms with Crippen molar-refractivity contribution in [1.82, 2.24) is 4.98 Å². The Kier molecular flexibility index (Phi) is 3.16. The van der Waals surface area contributed by atoms with E-state index >= 15 is 0 Å². The standard InChI is InChI=1S/C18H24N2O/c1-11-3-7-15(12(2)9-11)19-14-6-8-17-16(10-14)20-18(21-17)13-4-5-13/h6,8,10-13,15,19H,3-5,7,9H2,1-2H3. The summed E-state index contributed by atoms with van der Waals surface area (Å²) in [5.74, 6) is 3.12. The average molecular weight is 284 g/mol. The molecule has 2 fully saturated rings. The van der Waals surface area contributed by atoms with Gasteiger partial charge in [0.25, 0.3) is 0 Å². The van der Waals surface area contributed by atoms with Crippen molar-refractivity contribution in [1.29, 1.82) is 0 Å². The molecule has 2 aliphatic carbocycles. The molecule has 2 saturated carbocycles. The smallest absolute Gasteiger partial charge is 0.198 e. The second-order valence-corrected chi connectivity index (χ2v) is 7.16. The third-order valence-electron chi connectivity index (χ3n) is 5.11. The van der Waals surface area contributed by atoms with Gasteiger partial charge in [-0.15, -0.1) is 0 Å².